The van der Waals surface area contributed by atoms with Crippen LogP contribution in [0.15, 0.2) is 35.1 Å². The van der Waals surface area contributed by atoms with Crippen molar-refractivity contribution < 1.29 is 29.0 Å². The number of aromatic amines is 1. The Labute approximate surface area is 194 Å². The first-order valence-corrected chi connectivity index (χ1v) is 10.9. The Kier molecular flexibility index (Phi) is 5.26. The first-order valence-electron chi connectivity index (χ1n) is 10.5. The zero-order valence-electron chi connectivity index (χ0n) is 18.4. The molecule has 0 bridgehead atoms. The first kappa shape index (κ1) is 21.4. The number of nitrogens with one attached hydrogen (secondary N) is 2. The molecule has 2 aliphatic rings. The van der Waals surface area contributed by atoms with Crippen LogP contribution < -0.4 is 29.4 Å². The summed E-state index contributed by atoms with van der Waals surface area (Å²) in [6.45, 7) is 0.850. The van der Waals surface area contributed by atoms with Gasteiger partial charge < -0.3 is 29.0 Å². The maximum absolute atomic E-state index is 13.2. The lowest BCUT2D eigenvalue weighted by Crippen LogP contribution is -3.10. The molecule has 1 aromatic heterocycles. The van der Waals surface area contributed by atoms with Crippen molar-refractivity contribution in [3.63, 3.8) is 0 Å². The highest BCUT2D eigenvalue weighted by Gasteiger charge is 2.41. The van der Waals surface area contributed by atoms with Gasteiger partial charge in [0.05, 0.1) is 39.1 Å². The summed E-state index contributed by atoms with van der Waals surface area (Å²) in [6.07, 6.45) is 0.762. The average Bonchev–Trinajstić information content (AvgIpc) is 3.27. The molecule has 9 nitrogen and oxygen atoms in total. The van der Waals surface area contributed by atoms with E-state index in [4.69, 9.17) is 31.2 Å². The lowest BCUT2D eigenvalue weighted by Gasteiger charge is -2.33. The molecule has 0 aliphatic carbocycles. The number of hydrogen-bond acceptors (Lipinski definition) is 7. The van der Waals surface area contributed by atoms with Crippen molar-refractivity contribution in [2.75, 3.05) is 34.6 Å². The fraction of sp³-hybridized carbons (Fsp3) is 0.304. The van der Waals surface area contributed by atoms with Crippen LogP contribution >= 0.6 is 12.2 Å². The average molecular weight is 471 g/mol. The van der Waals surface area contributed by atoms with E-state index in [1.165, 1.54) is 4.57 Å². The molecule has 1 unspecified atom stereocenters. The van der Waals surface area contributed by atoms with Crippen LogP contribution in [0, 0.1) is 4.77 Å². The van der Waals surface area contributed by atoms with Crippen LogP contribution in [-0.4, -0.2) is 49.3 Å². The van der Waals surface area contributed by atoms with Gasteiger partial charge in [0.2, 0.25) is 18.4 Å². The van der Waals surface area contributed by atoms with Crippen LogP contribution in [0.4, 0.5) is 0 Å². The number of fused-ring (bicyclic) bond motifs is 2. The monoisotopic (exact) mass is 470 g/mol. The molecule has 3 aromatic rings. The molecule has 3 N–H and O–H groups in total. The van der Waals surface area contributed by atoms with Crippen LogP contribution in [0.5, 0.6) is 28.9 Å². The fourth-order valence-corrected chi connectivity index (χ4v) is 4.99. The Morgan fingerprint density at radius 1 is 1.21 bits per heavy atom. The van der Waals surface area contributed by atoms with E-state index in [1.54, 1.807) is 38.5 Å². The number of benzene rings is 2. The molecule has 0 saturated heterocycles. The van der Waals surface area contributed by atoms with Crippen LogP contribution in [-0.2, 0) is 6.42 Å². The molecule has 10 heteroatoms. The number of rotatable bonds is 4. The molecule has 0 saturated carbocycles. The lowest BCUT2D eigenvalue weighted by molar-refractivity contribution is -0.908. The van der Waals surface area contributed by atoms with Gasteiger partial charge >= 0.3 is 0 Å². The number of H-pyrrole nitrogens is 1. The molecule has 3 heterocycles. The van der Waals surface area contributed by atoms with Crippen LogP contribution in [0.2, 0.25) is 0 Å². The molecule has 2 aliphatic heterocycles. The molecule has 172 valence electrons. The minimum absolute atomic E-state index is 0.0841. The number of quaternary nitrogens is 1. The Morgan fingerprint density at radius 3 is 2.79 bits per heavy atom. The molecule has 0 spiro atoms. The smallest absolute Gasteiger partial charge is 0.265 e. The SMILES string of the molecule is COc1cccc(-n2c(O)c([C@@H]3c4c(cc5c(c4OC)OCO5)CC[NH+]3C)c(=O)[nH]c2=S)c1. The topological polar surface area (TPSA) is 99.4 Å². The third-order valence-corrected chi connectivity index (χ3v) is 6.52. The number of hydrogen-bond donors (Lipinski definition) is 3. The summed E-state index contributed by atoms with van der Waals surface area (Å²) in [5.41, 5.74) is 2.10. The second-order valence-corrected chi connectivity index (χ2v) is 8.42. The van der Waals surface area contributed by atoms with E-state index >= 15 is 0 Å². The summed E-state index contributed by atoms with van der Waals surface area (Å²) in [5.74, 6) is 2.01. The molecule has 5 rings (SSSR count). The molecule has 33 heavy (non-hydrogen) atoms. The van der Waals surface area contributed by atoms with Gasteiger partial charge in [-0.05, 0) is 36.0 Å². The highest BCUT2D eigenvalue weighted by atomic mass is 32.1. The maximum Gasteiger partial charge on any atom is 0.265 e. The van der Waals surface area contributed by atoms with Gasteiger partial charge in [-0.3, -0.25) is 14.3 Å². The van der Waals surface area contributed by atoms with Gasteiger partial charge in [-0.25, -0.2) is 0 Å². The fourth-order valence-electron chi connectivity index (χ4n) is 4.70. The van der Waals surface area contributed by atoms with Gasteiger partial charge in [-0.1, -0.05) is 6.07 Å². The van der Waals surface area contributed by atoms with E-state index in [9.17, 15) is 9.90 Å². The van der Waals surface area contributed by atoms with Crippen LogP contribution in [0.3, 0.4) is 0 Å². The Balaban J connectivity index is 1.78. The van der Waals surface area contributed by atoms with Crippen molar-refractivity contribution in [2.24, 2.45) is 0 Å². The standard InChI is InChI=1S/C23H23N3O6S/c1-25-8-7-12-9-15-19(32-11-31-15)20(30-3)16(12)18(25)17-21(27)24-23(33)26(22(17)28)13-5-4-6-14(10-13)29-2/h4-6,9-10,18,28H,7-8,11H2,1-3H3,(H,24,27,33)/p+1/t18-/m0/s1. The highest BCUT2D eigenvalue weighted by Crippen LogP contribution is 2.48. The van der Waals surface area contributed by atoms with Crippen molar-refractivity contribution in [3.8, 4) is 34.6 Å². The number of ether oxygens (including phenoxy) is 4. The van der Waals surface area contributed by atoms with E-state index < -0.39 is 11.6 Å². The normalized spacial score (nSPS) is 18.6. The Hall–Kier alpha value is -3.50. The molecule has 0 amide bonds. The summed E-state index contributed by atoms with van der Waals surface area (Å²) in [7, 11) is 5.10. The minimum atomic E-state index is -0.519. The molecule has 0 fully saturated rings. The predicted octanol–water partition coefficient (Wildman–Crippen LogP) is 1.51. The molecule has 2 atom stereocenters. The van der Waals surface area contributed by atoms with Gasteiger partial charge in [-0.15, -0.1) is 0 Å². The van der Waals surface area contributed by atoms with E-state index in [0.29, 0.717) is 28.7 Å². The number of aromatic nitrogens is 2. The van der Waals surface area contributed by atoms with Crippen molar-refractivity contribution >= 4 is 12.2 Å². The maximum atomic E-state index is 13.2. The van der Waals surface area contributed by atoms with Crippen LogP contribution in [0.1, 0.15) is 22.7 Å². The Morgan fingerprint density at radius 2 is 2.03 bits per heavy atom. The number of likely N-dealkylation sites (N-methyl/N-ethyl adjacent to an activating group) is 1. The van der Waals surface area contributed by atoms with E-state index in [0.717, 1.165) is 29.0 Å². The van der Waals surface area contributed by atoms with Gasteiger partial charge in [-0.2, -0.15) is 0 Å². The van der Waals surface area contributed by atoms with Crippen molar-refractivity contribution in [1.82, 2.24) is 9.55 Å². The van der Waals surface area contributed by atoms with Crippen LogP contribution in [0.25, 0.3) is 5.69 Å². The third kappa shape index (κ3) is 3.33. The molecular formula is C23H24N3O6S+. The predicted molar refractivity (Wildman–Crippen MR) is 122 cm³/mol. The molecule has 0 radical (unpaired) electrons. The summed E-state index contributed by atoms with van der Waals surface area (Å²) < 4.78 is 23.8. The molecular weight excluding hydrogens is 446 g/mol. The van der Waals surface area contributed by atoms with E-state index in [-0.39, 0.29) is 23.0 Å². The third-order valence-electron chi connectivity index (χ3n) is 6.24. The zero-order valence-corrected chi connectivity index (χ0v) is 19.2. The zero-order chi connectivity index (χ0) is 23.3. The lowest BCUT2D eigenvalue weighted by atomic mass is 9.87. The van der Waals surface area contributed by atoms with E-state index in [1.807, 2.05) is 13.1 Å². The highest BCUT2D eigenvalue weighted by molar-refractivity contribution is 7.71. The largest absolute Gasteiger partial charge is 0.497 e. The van der Waals surface area contributed by atoms with Gasteiger partial charge in [0, 0.05) is 12.5 Å². The summed E-state index contributed by atoms with van der Waals surface area (Å²) >= 11 is 5.41. The molecule has 2 aromatic carbocycles. The summed E-state index contributed by atoms with van der Waals surface area (Å²) in [4.78, 5) is 17.0. The van der Waals surface area contributed by atoms with Gasteiger partial charge in [0.25, 0.3) is 5.56 Å². The van der Waals surface area contributed by atoms with Crippen molar-refractivity contribution in [1.29, 1.82) is 0 Å². The quantitative estimate of drug-likeness (QED) is 0.497. The van der Waals surface area contributed by atoms with Gasteiger partial charge in [0.1, 0.15) is 11.3 Å². The van der Waals surface area contributed by atoms with Gasteiger partial charge in [0.15, 0.2) is 22.3 Å². The second-order valence-electron chi connectivity index (χ2n) is 8.03. The van der Waals surface area contributed by atoms with Crippen molar-refractivity contribution in [2.45, 2.75) is 12.5 Å². The van der Waals surface area contributed by atoms with Crippen molar-refractivity contribution in [3.05, 3.63) is 62.1 Å². The minimum Gasteiger partial charge on any atom is -0.497 e. The first-order chi connectivity index (χ1) is 15.9. The summed E-state index contributed by atoms with van der Waals surface area (Å²) in [6, 6.07) is 8.51. The van der Waals surface area contributed by atoms with E-state index in [2.05, 4.69) is 4.98 Å². The number of nitrogens with zero attached hydrogens (tertiary/aromatic N) is 1. The summed E-state index contributed by atoms with van der Waals surface area (Å²) in [5, 5.41) is 11.4. The number of methoxy groups -OCH3 is 2. The Bertz CT molecular complexity index is 1370. The second kappa shape index (κ2) is 8.13. The number of aromatic hydroxyl groups is 1.